The van der Waals surface area contributed by atoms with E-state index < -0.39 is 5.82 Å². The zero-order valence-electron chi connectivity index (χ0n) is 26.0. The third-order valence-electron chi connectivity index (χ3n) is 8.34. The second-order valence-electron chi connectivity index (χ2n) is 12.4. The quantitative estimate of drug-likeness (QED) is 0.213. The van der Waals surface area contributed by atoms with Crippen LogP contribution in [0.5, 0.6) is 11.5 Å². The van der Waals surface area contributed by atoms with Gasteiger partial charge in [-0.15, -0.1) is 0 Å². The van der Waals surface area contributed by atoms with Crippen LogP contribution in [0.1, 0.15) is 32.7 Å². The first-order chi connectivity index (χ1) is 22.2. The normalized spacial score (nSPS) is 18.0. The molecule has 46 heavy (non-hydrogen) atoms. The monoisotopic (exact) mass is 624 g/mol. The Bertz CT molecular complexity index is 1790. The van der Waals surface area contributed by atoms with Crippen LogP contribution in [0.4, 0.5) is 10.2 Å². The average Bonchev–Trinajstić information content (AvgIpc) is 3.45. The molecule has 238 valence electrons. The Labute approximate surface area is 267 Å². The van der Waals surface area contributed by atoms with Crippen molar-refractivity contribution in [3.63, 3.8) is 0 Å². The standard InChI is InChI=1S/C34H37FN8O3/c1-34(2,21-41-13-15-45-16-14-41)18-23(19-36)33(44)42-12-6-7-24(20-42)43-32-29(31(37)38-22-39-32)30(40-43)27-11-10-26(17-28(27)35)46-25-8-4-3-5-9-25/h3-5,8-11,17-18,22,24H,6-7,12-16,20-21H2,1-2H3,(H2,37,38,39)/b23-18-/t24-/m0/s1. The first kappa shape index (κ1) is 31.1. The predicted molar refractivity (Wildman–Crippen MR) is 171 cm³/mol. The van der Waals surface area contributed by atoms with E-state index in [2.05, 4.69) is 20.9 Å². The Hall–Kier alpha value is -4.86. The van der Waals surface area contributed by atoms with Crippen LogP contribution in [0, 0.1) is 22.6 Å². The van der Waals surface area contributed by atoms with Gasteiger partial charge >= 0.3 is 0 Å². The van der Waals surface area contributed by atoms with E-state index in [0.717, 1.165) is 19.6 Å². The van der Waals surface area contributed by atoms with Crippen LogP contribution in [0.25, 0.3) is 22.3 Å². The number of likely N-dealkylation sites (tertiary alicyclic amines) is 1. The number of para-hydroxylation sites is 1. The molecular weight excluding hydrogens is 587 g/mol. The number of ether oxygens (including phenoxy) is 2. The first-order valence-corrected chi connectivity index (χ1v) is 15.5. The van der Waals surface area contributed by atoms with Gasteiger partial charge in [-0.2, -0.15) is 10.4 Å². The summed E-state index contributed by atoms with van der Waals surface area (Å²) in [5, 5.41) is 15.3. The lowest BCUT2D eigenvalue weighted by Crippen LogP contribution is -2.43. The van der Waals surface area contributed by atoms with Crippen molar-refractivity contribution in [2.24, 2.45) is 5.41 Å². The number of halogens is 1. The van der Waals surface area contributed by atoms with Crippen LogP contribution in [-0.2, 0) is 9.53 Å². The number of nitrogen functional groups attached to an aromatic ring is 1. The molecule has 2 N–H and O–H groups in total. The summed E-state index contributed by atoms with van der Waals surface area (Å²) in [4.78, 5) is 26.3. The second-order valence-corrected chi connectivity index (χ2v) is 12.4. The molecule has 0 radical (unpaired) electrons. The van der Waals surface area contributed by atoms with Crippen molar-refractivity contribution in [2.45, 2.75) is 32.7 Å². The summed E-state index contributed by atoms with van der Waals surface area (Å²) in [6.45, 7) is 8.62. The van der Waals surface area contributed by atoms with Gasteiger partial charge in [0.1, 0.15) is 46.8 Å². The van der Waals surface area contributed by atoms with Crippen molar-refractivity contribution in [3.05, 3.63) is 72.3 Å². The minimum Gasteiger partial charge on any atom is -0.457 e. The zero-order valence-corrected chi connectivity index (χ0v) is 26.0. The van der Waals surface area contributed by atoms with Crippen LogP contribution >= 0.6 is 0 Å². The Balaban J connectivity index is 1.26. The van der Waals surface area contributed by atoms with E-state index in [1.54, 1.807) is 39.9 Å². The number of carbonyl (C=O) groups is 1. The van der Waals surface area contributed by atoms with E-state index in [9.17, 15) is 10.1 Å². The summed E-state index contributed by atoms with van der Waals surface area (Å²) in [5.41, 5.74) is 7.03. The van der Waals surface area contributed by atoms with E-state index in [1.165, 1.54) is 12.4 Å². The topological polar surface area (TPSA) is 135 Å². The van der Waals surface area contributed by atoms with Crippen LogP contribution in [0.3, 0.4) is 0 Å². The molecule has 2 aliphatic heterocycles. The first-order valence-electron chi connectivity index (χ1n) is 15.5. The van der Waals surface area contributed by atoms with Crippen LogP contribution in [-0.4, -0.2) is 81.4 Å². The number of amides is 1. The summed E-state index contributed by atoms with van der Waals surface area (Å²) >= 11 is 0. The smallest absolute Gasteiger partial charge is 0.264 e. The highest BCUT2D eigenvalue weighted by Gasteiger charge is 2.32. The molecule has 0 aliphatic carbocycles. The number of carbonyl (C=O) groups excluding carboxylic acids is 1. The van der Waals surface area contributed by atoms with Crippen LogP contribution in [0.2, 0.25) is 0 Å². The van der Waals surface area contributed by atoms with E-state index in [-0.39, 0.29) is 34.3 Å². The molecule has 0 bridgehead atoms. The fourth-order valence-electron chi connectivity index (χ4n) is 6.24. The predicted octanol–water partition coefficient (Wildman–Crippen LogP) is 4.98. The molecule has 1 atom stereocenters. The van der Waals surface area contributed by atoms with Crippen LogP contribution < -0.4 is 10.5 Å². The third kappa shape index (κ3) is 6.71. The number of fused-ring (bicyclic) bond motifs is 1. The molecule has 2 aliphatic rings. The lowest BCUT2D eigenvalue weighted by atomic mass is 9.89. The summed E-state index contributed by atoms with van der Waals surface area (Å²) in [5.74, 6) is 0.265. The largest absolute Gasteiger partial charge is 0.457 e. The molecule has 11 nitrogen and oxygen atoms in total. The van der Waals surface area contributed by atoms with Gasteiger partial charge < -0.3 is 20.1 Å². The van der Waals surface area contributed by atoms with Crippen molar-refractivity contribution in [2.75, 3.05) is 51.7 Å². The van der Waals surface area contributed by atoms with Crippen molar-refractivity contribution in [3.8, 4) is 28.8 Å². The fraction of sp³-hybridized carbons (Fsp3) is 0.382. The number of nitriles is 1. The molecule has 4 aromatic rings. The van der Waals surface area contributed by atoms with Gasteiger partial charge in [-0.25, -0.2) is 19.0 Å². The van der Waals surface area contributed by atoms with Crippen molar-refractivity contribution in [1.29, 1.82) is 5.26 Å². The molecule has 4 heterocycles. The average molecular weight is 625 g/mol. The highest BCUT2D eigenvalue weighted by Crippen LogP contribution is 2.36. The number of rotatable bonds is 8. The Morgan fingerprint density at radius 3 is 2.67 bits per heavy atom. The summed E-state index contributed by atoms with van der Waals surface area (Å²) in [6.07, 6.45) is 4.55. The lowest BCUT2D eigenvalue weighted by molar-refractivity contribution is -0.128. The number of nitrogens with two attached hydrogens (primary N) is 1. The Morgan fingerprint density at radius 1 is 1.15 bits per heavy atom. The van der Waals surface area contributed by atoms with Gasteiger partial charge in [0.25, 0.3) is 5.91 Å². The highest BCUT2D eigenvalue weighted by atomic mass is 19.1. The molecule has 1 amide bonds. The molecule has 2 saturated heterocycles. The van der Waals surface area contributed by atoms with Gasteiger partial charge in [-0.1, -0.05) is 38.1 Å². The number of hydrogen-bond acceptors (Lipinski definition) is 9. The highest BCUT2D eigenvalue weighted by molar-refractivity contribution is 5.99. The fourth-order valence-corrected chi connectivity index (χ4v) is 6.24. The molecular formula is C34H37FN8O3. The van der Waals surface area contributed by atoms with Crippen molar-refractivity contribution < 1.29 is 18.7 Å². The van der Waals surface area contributed by atoms with Gasteiger partial charge in [0.15, 0.2) is 5.65 Å². The second kappa shape index (κ2) is 13.2. The van der Waals surface area contributed by atoms with Gasteiger partial charge in [-0.05, 0) is 42.5 Å². The molecule has 2 fully saturated rings. The molecule has 0 spiro atoms. The number of anilines is 1. The van der Waals surface area contributed by atoms with Gasteiger partial charge in [0.05, 0.1) is 24.6 Å². The summed E-state index contributed by atoms with van der Waals surface area (Å²) in [6, 6.07) is 15.6. The molecule has 0 saturated carbocycles. The number of nitrogens with zero attached hydrogens (tertiary/aromatic N) is 7. The number of morpholine rings is 1. The number of hydrogen-bond donors (Lipinski definition) is 1. The molecule has 6 rings (SSSR count). The maximum Gasteiger partial charge on any atom is 0.264 e. The number of benzene rings is 2. The summed E-state index contributed by atoms with van der Waals surface area (Å²) in [7, 11) is 0. The van der Waals surface area contributed by atoms with E-state index >= 15 is 4.39 Å². The van der Waals surface area contributed by atoms with Crippen molar-refractivity contribution >= 4 is 22.8 Å². The number of piperidine rings is 1. The minimum atomic E-state index is -0.535. The summed E-state index contributed by atoms with van der Waals surface area (Å²) < 4.78 is 28.6. The van der Waals surface area contributed by atoms with E-state index in [1.807, 2.05) is 32.0 Å². The number of aromatic nitrogens is 4. The maximum atomic E-state index is 15.6. The lowest BCUT2D eigenvalue weighted by Gasteiger charge is -2.34. The van der Waals surface area contributed by atoms with Crippen molar-refractivity contribution in [1.82, 2.24) is 29.5 Å². The van der Waals surface area contributed by atoms with E-state index in [4.69, 9.17) is 20.3 Å². The molecule has 0 unspecified atom stereocenters. The van der Waals surface area contributed by atoms with Gasteiger partial charge in [-0.3, -0.25) is 9.69 Å². The molecule has 2 aromatic carbocycles. The Morgan fingerprint density at radius 2 is 1.93 bits per heavy atom. The Kier molecular flexibility index (Phi) is 8.96. The van der Waals surface area contributed by atoms with Crippen LogP contribution in [0.15, 0.2) is 66.5 Å². The van der Waals surface area contributed by atoms with Gasteiger partial charge in [0, 0.05) is 44.4 Å². The third-order valence-corrected chi connectivity index (χ3v) is 8.34. The minimum absolute atomic E-state index is 0.122. The molecule has 12 heteroatoms. The maximum absolute atomic E-state index is 15.6. The van der Waals surface area contributed by atoms with E-state index in [0.29, 0.717) is 67.4 Å². The van der Waals surface area contributed by atoms with Gasteiger partial charge in [0.2, 0.25) is 0 Å². The zero-order chi connectivity index (χ0) is 32.3. The molecule has 2 aromatic heterocycles. The SMILES string of the molecule is CC(C)(/C=C(/C#N)C(=O)N1CCC[C@H](n2nc(-c3ccc(Oc4ccccc4)cc3F)c3c(N)ncnc32)C1)CN1CCOCC1.